The Kier molecular flexibility index (Phi) is 5.67. The third-order valence-corrected chi connectivity index (χ3v) is 7.02. The van der Waals surface area contributed by atoms with Crippen LogP contribution in [0.3, 0.4) is 0 Å². The zero-order chi connectivity index (χ0) is 20.5. The Bertz CT molecular complexity index is 775. The minimum Gasteiger partial charge on any atom is -0.465 e. The SMILES string of the molecule is CN1CCc2ccc(N3CCN([C@H]4CC[C@H](N(C)C(=O)O)CC4)C3=O)cc2CC1. The molecule has 4 rings (SSSR count). The largest absolute Gasteiger partial charge is 0.465 e. The first kappa shape index (κ1) is 20.0. The molecule has 0 atom stereocenters. The second-order valence-corrected chi connectivity index (χ2v) is 8.74. The lowest BCUT2D eigenvalue weighted by Crippen LogP contribution is -2.45. The van der Waals surface area contributed by atoms with Crippen LogP contribution in [0.4, 0.5) is 15.3 Å². The van der Waals surface area contributed by atoms with Crippen LogP contribution in [0.25, 0.3) is 0 Å². The topological polar surface area (TPSA) is 67.3 Å². The fourth-order valence-electron chi connectivity index (χ4n) is 5.04. The summed E-state index contributed by atoms with van der Waals surface area (Å²) in [5, 5.41) is 9.18. The number of rotatable bonds is 3. The first-order valence-electron chi connectivity index (χ1n) is 10.8. The maximum absolute atomic E-state index is 13.2. The van der Waals surface area contributed by atoms with Crippen molar-refractivity contribution in [3.8, 4) is 0 Å². The Labute approximate surface area is 172 Å². The number of urea groups is 1. The second kappa shape index (κ2) is 8.22. The first-order chi connectivity index (χ1) is 13.9. The number of carbonyl (C=O) groups excluding carboxylic acids is 1. The van der Waals surface area contributed by atoms with Crippen molar-refractivity contribution in [2.45, 2.75) is 50.6 Å². The van der Waals surface area contributed by atoms with Crippen LogP contribution in [0, 0.1) is 0 Å². The van der Waals surface area contributed by atoms with Crippen molar-refractivity contribution < 1.29 is 14.7 Å². The molecule has 29 heavy (non-hydrogen) atoms. The average molecular weight is 401 g/mol. The van der Waals surface area contributed by atoms with Gasteiger partial charge in [0.15, 0.2) is 0 Å². The summed E-state index contributed by atoms with van der Waals surface area (Å²) in [6, 6.07) is 6.91. The summed E-state index contributed by atoms with van der Waals surface area (Å²) in [7, 11) is 3.81. The van der Waals surface area contributed by atoms with Crippen LogP contribution in [0.15, 0.2) is 18.2 Å². The molecule has 1 N–H and O–H groups in total. The molecule has 158 valence electrons. The standard InChI is InChI=1S/C22H32N4O3/c1-23-11-9-16-3-4-20(15-17(16)10-12-23)26-14-13-25(21(26)27)19-7-5-18(6-8-19)24(2)22(28)29/h3-4,15,18-19H,5-14H2,1-2H3,(H,28,29)/t18-,19-. The monoisotopic (exact) mass is 400 g/mol. The predicted molar refractivity (Wildman–Crippen MR) is 113 cm³/mol. The van der Waals surface area contributed by atoms with E-state index in [1.807, 2.05) is 9.80 Å². The molecule has 0 spiro atoms. The van der Waals surface area contributed by atoms with Gasteiger partial charge >= 0.3 is 12.1 Å². The average Bonchev–Trinajstić information content (AvgIpc) is 3.01. The Hall–Kier alpha value is -2.28. The third kappa shape index (κ3) is 4.06. The minimum absolute atomic E-state index is 0.0697. The molecule has 1 saturated carbocycles. The van der Waals surface area contributed by atoms with E-state index in [-0.39, 0.29) is 18.1 Å². The van der Waals surface area contributed by atoms with Gasteiger partial charge in [0, 0.05) is 51.0 Å². The number of benzene rings is 1. The van der Waals surface area contributed by atoms with Gasteiger partial charge in [-0.25, -0.2) is 9.59 Å². The summed E-state index contributed by atoms with van der Waals surface area (Å²) in [4.78, 5) is 32.0. The van der Waals surface area contributed by atoms with Crippen LogP contribution < -0.4 is 4.90 Å². The van der Waals surface area contributed by atoms with E-state index >= 15 is 0 Å². The quantitative estimate of drug-likeness (QED) is 0.847. The van der Waals surface area contributed by atoms with Crippen molar-refractivity contribution in [3.05, 3.63) is 29.3 Å². The van der Waals surface area contributed by atoms with Crippen molar-refractivity contribution in [2.24, 2.45) is 0 Å². The van der Waals surface area contributed by atoms with E-state index in [0.29, 0.717) is 0 Å². The van der Waals surface area contributed by atoms with Gasteiger partial charge in [-0.2, -0.15) is 0 Å². The van der Waals surface area contributed by atoms with E-state index < -0.39 is 6.09 Å². The predicted octanol–water partition coefficient (Wildman–Crippen LogP) is 2.88. The van der Waals surface area contributed by atoms with Gasteiger partial charge in [0.25, 0.3) is 0 Å². The smallest absolute Gasteiger partial charge is 0.407 e. The van der Waals surface area contributed by atoms with Gasteiger partial charge in [0.1, 0.15) is 0 Å². The van der Waals surface area contributed by atoms with Gasteiger partial charge in [0.2, 0.25) is 0 Å². The van der Waals surface area contributed by atoms with Crippen LogP contribution in [-0.4, -0.2) is 84.3 Å². The molecule has 0 aromatic heterocycles. The van der Waals surface area contributed by atoms with Gasteiger partial charge in [-0.3, -0.25) is 4.90 Å². The Morgan fingerprint density at radius 2 is 1.72 bits per heavy atom. The second-order valence-electron chi connectivity index (χ2n) is 8.74. The van der Waals surface area contributed by atoms with Crippen molar-refractivity contribution >= 4 is 17.8 Å². The molecule has 0 bridgehead atoms. The molecular formula is C22H32N4O3. The number of likely N-dealkylation sites (N-methyl/N-ethyl adjacent to an activating group) is 1. The lowest BCUT2D eigenvalue weighted by molar-refractivity contribution is 0.109. The number of carboxylic acid groups (broad SMARTS) is 1. The summed E-state index contributed by atoms with van der Waals surface area (Å²) in [6.07, 6.45) is 4.63. The van der Waals surface area contributed by atoms with Gasteiger partial charge in [0.05, 0.1) is 0 Å². The van der Waals surface area contributed by atoms with Crippen molar-refractivity contribution in [2.75, 3.05) is 45.2 Å². The molecule has 1 saturated heterocycles. The fourth-order valence-corrected chi connectivity index (χ4v) is 5.04. The third-order valence-electron chi connectivity index (χ3n) is 7.02. The molecular weight excluding hydrogens is 368 g/mol. The van der Waals surface area contributed by atoms with Crippen LogP contribution in [0.5, 0.6) is 0 Å². The van der Waals surface area contributed by atoms with E-state index in [1.54, 1.807) is 7.05 Å². The number of amides is 3. The zero-order valence-electron chi connectivity index (χ0n) is 17.5. The number of fused-ring (bicyclic) bond motifs is 1. The van der Waals surface area contributed by atoms with E-state index in [1.165, 1.54) is 16.0 Å². The van der Waals surface area contributed by atoms with E-state index in [2.05, 4.69) is 30.1 Å². The minimum atomic E-state index is -0.869. The summed E-state index contributed by atoms with van der Waals surface area (Å²) in [5.41, 5.74) is 3.79. The van der Waals surface area contributed by atoms with E-state index in [4.69, 9.17) is 0 Å². The number of nitrogens with zero attached hydrogens (tertiary/aromatic N) is 4. The van der Waals surface area contributed by atoms with E-state index in [9.17, 15) is 14.7 Å². The molecule has 0 radical (unpaired) electrons. The molecule has 2 aliphatic heterocycles. The van der Waals surface area contributed by atoms with Crippen molar-refractivity contribution in [3.63, 3.8) is 0 Å². The van der Waals surface area contributed by atoms with Gasteiger partial charge in [-0.1, -0.05) is 6.07 Å². The highest BCUT2D eigenvalue weighted by atomic mass is 16.4. The maximum Gasteiger partial charge on any atom is 0.407 e. The molecule has 1 aliphatic carbocycles. The molecule has 3 aliphatic rings. The number of hydrogen-bond acceptors (Lipinski definition) is 3. The number of hydrogen-bond donors (Lipinski definition) is 1. The van der Waals surface area contributed by atoms with Gasteiger partial charge in [-0.05, 0) is 68.8 Å². The molecule has 3 amide bonds. The summed E-state index contributed by atoms with van der Waals surface area (Å²) in [5.74, 6) is 0. The highest BCUT2D eigenvalue weighted by molar-refractivity contribution is 5.94. The molecule has 1 aromatic carbocycles. The summed E-state index contributed by atoms with van der Waals surface area (Å²) >= 11 is 0. The zero-order valence-corrected chi connectivity index (χ0v) is 17.5. The van der Waals surface area contributed by atoms with E-state index in [0.717, 1.165) is 70.4 Å². The fraction of sp³-hybridized carbons (Fsp3) is 0.636. The number of anilines is 1. The number of carbonyl (C=O) groups is 2. The Morgan fingerprint density at radius 3 is 2.41 bits per heavy atom. The maximum atomic E-state index is 13.2. The molecule has 7 nitrogen and oxygen atoms in total. The molecule has 2 fully saturated rings. The van der Waals surface area contributed by atoms with Crippen LogP contribution in [0.2, 0.25) is 0 Å². The Morgan fingerprint density at radius 1 is 1.03 bits per heavy atom. The summed E-state index contributed by atoms with van der Waals surface area (Å²) < 4.78 is 0. The normalized spacial score (nSPS) is 25.7. The highest BCUT2D eigenvalue weighted by Gasteiger charge is 2.37. The first-order valence-corrected chi connectivity index (χ1v) is 10.8. The van der Waals surface area contributed by atoms with Crippen LogP contribution in [-0.2, 0) is 12.8 Å². The highest BCUT2D eigenvalue weighted by Crippen LogP contribution is 2.31. The molecule has 2 heterocycles. The van der Waals surface area contributed by atoms with Gasteiger partial charge < -0.3 is 19.8 Å². The lowest BCUT2D eigenvalue weighted by Gasteiger charge is -2.37. The molecule has 7 heteroatoms. The molecule has 1 aromatic rings. The van der Waals surface area contributed by atoms with Crippen molar-refractivity contribution in [1.29, 1.82) is 0 Å². The van der Waals surface area contributed by atoms with Crippen LogP contribution >= 0.6 is 0 Å². The van der Waals surface area contributed by atoms with Crippen LogP contribution in [0.1, 0.15) is 36.8 Å². The lowest BCUT2D eigenvalue weighted by atomic mass is 9.89. The van der Waals surface area contributed by atoms with Crippen molar-refractivity contribution in [1.82, 2.24) is 14.7 Å². The summed E-state index contributed by atoms with van der Waals surface area (Å²) in [6.45, 7) is 3.63. The molecule has 0 unspecified atom stereocenters. The Balaban J connectivity index is 1.40. The van der Waals surface area contributed by atoms with Gasteiger partial charge in [-0.15, -0.1) is 0 Å².